The highest BCUT2D eigenvalue weighted by Crippen LogP contribution is 2.61. The van der Waals surface area contributed by atoms with Crippen molar-refractivity contribution in [2.75, 3.05) is 4.90 Å². The Morgan fingerprint density at radius 2 is 1.58 bits per heavy atom. The molecule has 3 saturated heterocycles. The van der Waals surface area contributed by atoms with Crippen LogP contribution in [0.2, 0.25) is 0 Å². The molecule has 26 heavy (non-hydrogen) atoms. The van der Waals surface area contributed by atoms with E-state index < -0.39 is 23.0 Å². The van der Waals surface area contributed by atoms with Crippen LogP contribution in [0.5, 0.6) is 0 Å². The second kappa shape index (κ2) is 4.72. The lowest BCUT2D eigenvalue weighted by Crippen LogP contribution is -2.40. The van der Waals surface area contributed by atoms with Gasteiger partial charge in [-0.2, -0.15) is 0 Å². The molecule has 0 aliphatic carbocycles. The molecule has 130 valence electrons. The molecule has 0 saturated carbocycles. The van der Waals surface area contributed by atoms with Crippen molar-refractivity contribution < 1.29 is 14.3 Å². The van der Waals surface area contributed by atoms with Crippen LogP contribution in [0.25, 0.3) is 15.6 Å². The summed E-state index contributed by atoms with van der Waals surface area (Å²) in [5, 5.41) is 1.51. The Kier molecular flexibility index (Phi) is 2.82. The number of hydrogen-bond acceptors (Lipinski definition) is 3. The van der Waals surface area contributed by atoms with Crippen LogP contribution in [0.15, 0.2) is 36.4 Å². The first kappa shape index (κ1) is 15.5. The quantitative estimate of drug-likeness (QED) is 0.582. The van der Waals surface area contributed by atoms with E-state index in [1.165, 1.54) is 4.90 Å². The average molecular weight is 346 g/mol. The topological polar surface area (TPSA) is 51.0 Å². The summed E-state index contributed by atoms with van der Waals surface area (Å²) in [5.74, 6) is -1.20. The van der Waals surface area contributed by atoms with Crippen molar-refractivity contribution in [3.63, 3.8) is 0 Å². The van der Waals surface area contributed by atoms with Gasteiger partial charge in [-0.05, 0) is 43.5 Å². The summed E-state index contributed by atoms with van der Waals surface area (Å²) in [4.78, 5) is 31.5. The molecule has 2 aromatic rings. The molecular formula is C21H18N2O3. The SMILES string of the molecule is [C-]#[N+]c1ccc(N2C(=O)[C@@H]3[C@H](C2=O)C2(C)CCC3(C)O2)c2ccccc12. The third-order valence-corrected chi connectivity index (χ3v) is 6.45. The first-order valence-corrected chi connectivity index (χ1v) is 8.87. The van der Waals surface area contributed by atoms with Crippen LogP contribution in [-0.4, -0.2) is 23.0 Å². The zero-order chi connectivity index (χ0) is 18.3. The lowest BCUT2D eigenvalue weighted by atomic mass is 9.69. The van der Waals surface area contributed by atoms with Crippen LogP contribution in [0.3, 0.4) is 0 Å². The molecule has 0 N–H and O–H groups in total. The normalized spacial score (nSPS) is 35.2. The first-order valence-electron chi connectivity index (χ1n) is 8.87. The molecule has 0 aromatic heterocycles. The lowest BCUT2D eigenvalue weighted by molar-refractivity contribution is -0.129. The van der Waals surface area contributed by atoms with E-state index in [1.807, 2.05) is 38.1 Å². The molecule has 0 radical (unpaired) electrons. The Morgan fingerprint density at radius 1 is 1.00 bits per heavy atom. The molecule has 3 aliphatic heterocycles. The number of carbonyl (C=O) groups is 2. The van der Waals surface area contributed by atoms with Crippen LogP contribution < -0.4 is 4.90 Å². The van der Waals surface area contributed by atoms with E-state index in [1.54, 1.807) is 12.1 Å². The summed E-state index contributed by atoms with van der Waals surface area (Å²) >= 11 is 0. The fourth-order valence-corrected chi connectivity index (χ4v) is 5.27. The maximum atomic E-state index is 13.3. The van der Waals surface area contributed by atoms with Crippen molar-refractivity contribution in [3.05, 3.63) is 47.8 Å². The molecule has 2 unspecified atom stereocenters. The van der Waals surface area contributed by atoms with Crippen molar-refractivity contribution in [3.8, 4) is 0 Å². The Labute approximate surface area is 151 Å². The van der Waals surface area contributed by atoms with Gasteiger partial charge in [0.15, 0.2) is 5.69 Å². The first-order chi connectivity index (χ1) is 12.4. The van der Waals surface area contributed by atoms with Gasteiger partial charge >= 0.3 is 0 Å². The number of benzene rings is 2. The van der Waals surface area contributed by atoms with Crippen LogP contribution >= 0.6 is 0 Å². The third-order valence-electron chi connectivity index (χ3n) is 6.45. The van der Waals surface area contributed by atoms with Crippen molar-refractivity contribution in [2.24, 2.45) is 11.8 Å². The van der Waals surface area contributed by atoms with Gasteiger partial charge in [0, 0.05) is 0 Å². The highest BCUT2D eigenvalue weighted by molar-refractivity contribution is 6.26. The van der Waals surface area contributed by atoms with Gasteiger partial charge in [0.2, 0.25) is 11.8 Å². The van der Waals surface area contributed by atoms with E-state index in [2.05, 4.69) is 4.85 Å². The minimum atomic E-state index is -0.562. The Balaban J connectivity index is 1.70. The second-order valence-electron chi connectivity index (χ2n) is 7.96. The van der Waals surface area contributed by atoms with Gasteiger partial charge in [-0.25, -0.2) is 9.74 Å². The number of fused-ring (bicyclic) bond motifs is 6. The minimum absolute atomic E-state index is 0.174. The second-order valence-corrected chi connectivity index (χ2v) is 7.96. The number of amides is 2. The van der Waals surface area contributed by atoms with Crippen LogP contribution in [0.1, 0.15) is 26.7 Å². The summed E-state index contributed by atoms with van der Waals surface area (Å²) in [7, 11) is 0. The molecule has 0 spiro atoms. The summed E-state index contributed by atoms with van der Waals surface area (Å²) in [6.45, 7) is 11.3. The molecule has 5 rings (SSSR count). The molecule has 3 fully saturated rings. The van der Waals surface area contributed by atoms with E-state index in [0.717, 1.165) is 23.6 Å². The highest BCUT2D eigenvalue weighted by atomic mass is 16.5. The number of anilines is 1. The van der Waals surface area contributed by atoms with Crippen molar-refractivity contribution in [1.82, 2.24) is 0 Å². The standard InChI is InChI=1S/C21H18N2O3/c1-20-10-11-21(2,26-20)17-16(20)18(24)23(19(17)25)15-9-8-14(22-3)12-6-4-5-7-13(12)15/h4-9,16-17H,10-11H2,1-2H3/t16-,17+,20?,21?. The molecular weight excluding hydrogens is 328 g/mol. The molecule has 4 atom stereocenters. The molecule has 2 amide bonds. The van der Waals surface area contributed by atoms with Crippen LogP contribution in [0, 0.1) is 18.4 Å². The molecule has 3 heterocycles. The maximum Gasteiger partial charge on any atom is 0.240 e. The Hall–Kier alpha value is -2.71. The molecule has 2 bridgehead atoms. The smallest absolute Gasteiger partial charge is 0.240 e. The van der Waals surface area contributed by atoms with E-state index in [0.29, 0.717) is 11.4 Å². The summed E-state index contributed by atoms with van der Waals surface area (Å²) in [6, 6.07) is 10.9. The van der Waals surface area contributed by atoms with Gasteiger partial charge in [-0.1, -0.05) is 30.3 Å². The predicted octanol–water partition coefficient (Wildman–Crippen LogP) is 3.84. The molecule has 2 aromatic carbocycles. The number of imide groups is 1. The zero-order valence-corrected chi connectivity index (χ0v) is 14.7. The van der Waals surface area contributed by atoms with Crippen LogP contribution in [-0.2, 0) is 14.3 Å². The zero-order valence-electron chi connectivity index (χ0n) is 14.7. The van der Waals surface area contributed by atoms with Gasteiger partial charge in [0.05, 0.1) is 35.3 Å². The Bertz CT molecular complexity index is 1010. The molecule has 5 heteroatoms. The summed E-state index contributed by atoms with van der Waals surface area (Å²) < 4.78 is 6.16. The number of nitrogens with zero attached hydrogens (tertiary/aromatic N) is 2. The average Bonchev–Trinajstić information content (AvgIpc) is 3.18. The van der Waals surface area contributed by atoms with Crippen LogP contribution in [0.4, 0.5) is 11.4 Å². The van der Waals surface area contributed by atoms with Crippen molar-refractivity contribution in [1.29, 1.82) is 0 Å². The third kappa shape index (κ3) is 1.68. The number of ether oxygens (including phenoxy) is 1. The van der Waals surface area contributed by atoms with Gasteiger partial charge in [-0.15, -0.1) is 0 Å². The minimum Gasteiger partial charge on any atom is -0.367 e. The fourth-order valence-electron chi connectivity index (χ4n) is 5.27. The Morgan fingerprint density at radius 3 is 2.15 bits per heavy atom. The van der Waals surface area contributed by atoms with Gasteiger partial charge in [0.25, 0.3) is 0 Å². The predicted molar refractivity (Wildman–Crippen MR) is 96.8 cm³/mol. The fraction of sp³-hybridized carbons (Fsp3) is 0.381. The highest BCUT2D eigenvalue weighted by Gasteiger charge is 2.72. The maximum absolute atomic E-state index is 13.3. The largest absolute Gasteiger partial charge is 0.367 e. The summed E-state index contributed by atoms with van der Waals surface area (Å²) in [5.41, 5.74) is -0.0321. The van der Waals surface area contributed by atoms with E-state index in [-0.39, 0.29) is 11.8 Å². The van der Waals surface area contributed by atoms with Gasteiger partial charge < -0.3 is 4.74 Å². The van der Waals surface area contributed by atoms with Gasteiger partial charge in [0.1, 0.15) is 0 Å². The molecule has 3 aliphatic rings. The monoisotopic (exact) mass is 346 g/mol. The van der Waals surface area contributed by atoms with E-state index >= 15 is 0 Å². The number of carbonyl (C=O) groups excluding carboxylic acids is 2. The van der Waals surface area contributed by atoms with E-state index in [4.69, 9.17) is 11.3 Å². The number of rotatable bonds is 1. The van der Waals surface area contributed by atoms with Gasteiger partial charge in [-0.3, -0.25) is 9.59 Å². The molecule has 5 nitrogen and oxygen atoms in total. The number of hydrogen-bond donors (Lipinski definition) is 0. The van der Waals surface area contributed by atoms with E-state index in [9.17, 15) is 9.59 Å². The lowest BCUT2D eigenvalue weighted by Gasteiger charge is -2.27. The van der Waals surface area contributed by atoms with Crippen molar-refractivity contribution in [2.45, 2.75) is 37.9 Å². The van der Waals surface area contributed by atoms with Crippen molar-refractivity contribution >= 4 is 34.0 Å². The summed E-state index contributed by atoms with van der Waals surface area (Å²) in [6.07, 6.45) is 1.60.